The van der Waals surface area contributed by atoms with E-state index in [1.54, 1.807) is 13.3 Å². The van der Waals surface area contributed by atoms with Crippen LogP contribution in [0.4, 0.5) is 0 Å². The molecule has 6 heteroatoms. The van der Waals surface area contributed by atoms with Crippen LogP contribution >= 0.6 is 0 Å². The molecule has 1 atom stereocenters. The molecule has 0 aliphatic carbocycles. The summed E-state index contributed by atoms with van der Waals surface area (Å²) in [6.45, 7) is 3.74. The number of para-hydroxylation sites is 1. The maximum Gasteiger partial charge on any atom is 0.257 e. The van der Waals surface area contributed by atoms with Crippen molar-refractivity contribution < 1.29 is 14.3 Å². The summed E-state index contributed by atoms with van der Waals surface area (Å²) < 4.78 is 11.5. The molecule has 1 aliphatic rings. The zero-order valence-corrected chi connectivity index (χ0v) is 18.7. The van der Waals surface area contributed by atoms with Crippen LogP contribution in [0, 0.1) is 12.8 Å². The number of hydrogen-bond donors (Lipinski definition) is 0. The molecule has 3 aromatic rings. The molecule has 1 fully saturated rings. The van der Waals surface area contributed by atoms with E-state index in [9.17, 15) is 4.79 Å². The van der Waals surface area contributed by atoms with Gasteiger partial charge in [0.15, 0.2) is 11.5 Å². The third-order valence-corrected chi connectivity index (χ3v) is 5.82. The van der Waals surface area contributed by atoms with Crippen molar-refractivity contribution in [2.45, 2.75) is 32.8 Å². The summed E-state index contributed by atoms with van der Waals surface area (Å²) in [6.07, 6.45) is 6.70. The number of aryl methyl sites for hydroxylation is 1. The van der Waals surface area contributed by atoms with Gasteiger partial charge in [0.25, 0.3) is 5.91 Å². The van der Waals surface area contributed by atoms with Gasteiger partial charge in [-0.15, -0.1) is 0 Å². The third-order valence-electron chi connectivity index (χ3n) is 5.82. The lowest BCUT2D eigenvalue weighted by Crippen LogP contribution is -2.40. The molecule has 0 radical (unpaired) electrons. The second kappa shape index (κ2) is 10.3. The Morgan fingerprint density at radius 1 is 1.12 bits per heavy atom. The zero-order valence-electron chi connectivity index (χ0n) is 18.7. The number of carbonyl (C=O) groups is 1. The molecule has 0 spiro atoms. The summed E-state index contributed by atoms with van der Waals surface area (Å²) in [5.41, 5.74) is 3.56. The van der Waals surface area contributed by atoms with Gasteiger partial charge in [-0.05, 0) is 68.0 Å². The molecule has 0 N–H and O–H groups in total. The number of pyridine rings is 2. The number of benzene rings is 1. The van der Waals surface area contributed by atoms with Crippen LogP contribution in [0.3, 0.4) is 0 Å². The molecule has 1 saturated heterocycles. The van der Waals surface area contributed by atoms with Gasteiger partial charge in [0.05, 0.1) is 18.4 Å². The number of piperidine rings is 1. The Hall–Kier alpha value is -3.41. The molecule has 2 aromatic heterocycles. The molecule has 1 unspecified atom stereocenters. The maximum atomic E-state index is 13.5. The van der Waals surface area contributed by atoms with Crippen LogP contribution < -0.4 is 9.47 Å². The van der Waals surface area contributed by atoms with Crippen LogP contribution in [0.25, 0.3) is 0 Å². The van der Waals surface area contributed by atoms with E-state index < -0.39 is 0 Å². The second-order valence-corrected chi connectivity index (χ2v) is 8.22. The second-order valence-electron chi connectivity index (χ2n) is 8.22. The van der Waals surface area contributed by atoms with E-state index >= 15 is 0 Å². The summed E-state index contributed by atoms with van der Waals surface area (Å²) >= 11 is 0. The highest BCUT2D eigenvalue weighted by molar-refractivity contribution is 5.98. The quantitative estimate of drug-likeness (QED) is 0.552. The fourth-order valence-corrected chi connectivity index (χ4v) is 4.16. The number of amides is 1. The van der Waals surface area contributed by atoms with E-state index in [1.165, 1.54) is 5.56 Å². The summed E-state index contributed by atoms with van der Waals surface area (Å²) in [6, 6.07) is 15.3. The minimum atomic E-state index is -0.0216. The Morgan fingerprint density at radius 2 is 2.03 bits per heavy atom. The summed E-state index contributed by atoms with van der Waals surface area (Å²) in [7, 11) is 1.59. The van der Waals surface area contributed by atoms with Crippen LogP contribution in [-0.2, 0) is 13.0 Å². The first-order valence-electron chi connectivity index (χ1n) is 11.0. The summed E-state index contributed by atoms with van der Waals surface area (Å²) in [4.78, 5) is 24.2. The van der Waals surface area contributed by atoms with Crippen molar-refractivity contribution in [2.75, 3.05) is 20.2 Å². The largest absolute Gasteiger partial charge is 0.493 e. The summed E-state index contributed by atoms with van der Waals surface area (Å²) in [5.74, 6) is 1.41. The lowest BCUT2D eigenvalue weighted by Gasteiger charge is -2.33. The number of nitrogens with zero attached hydrogens (tertiary/aromatic N) is 3. The number of hydrogen-bond acceptors (Lipinski definition) is 5. The lowest BCUT2D eigenvalue weighted by atomic mass is 9.91. The van der Waals surface area contributed by atoms with Gasteiger partial charge in [-0.2, -0.15) is 0 Å². The minimum Gasteiger partial charge on any atom is -0.493 e. The molecular formula is C26H29N3O3. The third kappa shape index (κ3) is 5.25. The Bertz CT molecular complexity index is 1040. The van der Waals surface area contributed by atoms with Gasteiger partial charge in [-0.25, -0.2) is 0 Å². The number of likely N-dealkylation sites (tertiary alicyclic amines) is 1. The SMILES string of the molecule is COc1cccc(C(=O)N2CCCC(Cc3ccc(C)nc3)C2)c1OCc1ccccn1. The normalized spacial score (nSPS) is 15.9. The van der Waals surface area contributed by atoms with Gasteiger partial charge in [0, 0.05) is 31.2 Å². The average Bonchev–Trinajstić information content (AvgIpc) is 2.84. The Labute approximate surface area is 189 Å². The number of ether oxygens (including phenoxy) is 2. The van der Waals surface area contributed by atoms with Crippen LogP contribution in [-0.4, -0.2) is 41.0 Å². The van der Waals surface area contributed by atoms with Gasteiger partial charge in [0.2, 0.25) is 0 Å². The molecule has 1 amide bonds. The number of aromatic nitrogens is 2. The highest BCUT2D eigenvalue weighted by atomic mass is 16.5. The number of methoxy groups -OCH3 is 1. The predicted octanol–water partition coefficient (Wildman–Crippen LogP) is 4.47. The molecule has 32 heavy (non-hydrogen) atoms. The van der Waals surface area contributed by atoms with E-state index in [-0.39, 0.29) is 12.5 Å². The molecule has 3 heterocycles. The van der Waals surface area contributed by atoms with E-state index in [0.29, 0.717) is 23.0 Å². The highest BCUT2D eigenvalue weighted by Crippen LogP contribution is 2.33. The Morgan fingerprint density at radius 3 is 2.78 bits per heavy atom. The first-order chi connectivity index (χ1) is 15.6. The topological polar surface area (TPSA) is 64.5 Å². The van der Waals surface area contributed by atoms with Gasteiger partial charge >= 0.3 is 0 Å². The van der Waals surface area contributed by atoms with Gasteiger partial charge in [-0.1, -0.05) is 18.2 Å². The first-order valence-corrected chi connectivity index (χ1v) is 11.0. The fraction of sp³-hybridized carbons (Fsp3) is 0.346. The van der Waals surface area contributed by atoms with Crippen molar-refractivity contribution in [1.29, 1.82) is 0 Å². The van der Waals surface area contributed by atoms with E-state index in [1.807, 2.05) is 60.5 Å². The first kappa shape index (κ1) is 21.8. The molecule has 6 nitrogen and oxygen atoms in total. The van der Waals surface area contributed by atoms with Crippen molar-refractivity contribution >= 4 is 5.91 Å². The van der Waals surface area contributed by atoms with Crippen molar-refractivity contribution in [3.05, 3.63) is 83.4 Å². The molecular weight excluding hydrogens is 402 g/mol. The van der Waals surface area contributed by atoms with E-state index in [4.69, 9.17) is 9.47 Å². The maximum absolute atomic E-state index is 13.5. The smallest absolute Gasteiger partial charge is 0.257 e. The standard InChI is InChI=1S/C26H29N3O3/c1-19-11-12-20(16-28-19)15-21-7-6-14-29(17-21)26(30)23-9-5-10-24(31-2)25(23)32-18-22-8-3-4-13-27-22/h3-5,8-13,16,21H,6-7,14-15,17-18H2,1-2H3. The van der Waals surface area contributed by atoms with Crippen molar-refractivity contribution in [1.82, 2.24) is 14.9 Å². The molecule has 1 aromatic carbocycles. The molecule has 0 saturated carbocycles. The van der Waals surface area contributed by atoms with Crippen LogP contribution in [0.5, 0.6) is 11.5 Å². The van der Waals surface area contributed by atoms with Gasteiger partial charge < -0.3 is 14.4 Å². The van der Waals surface area contributed by atoms with E-state index in [2.05, 4.69) is 16.0 Å². The molecule has 4 rings (SSSR count). The molecule has 1 aliphatic heterocycles. The van der Waals surface area contributed by atoms with Crippen molar-refractivity contribution in [3.8, 4) is 11.5 Å². The lowest BCUT2D eigenvalue weighted by molar-refractivity contribution is 0.0667. The molecule has 166 valence electrons. The average molecular weight is 432 g/mol. The molecule has 0 bridgehead atoms. The number of rotatable bonds is 7. The predicted molar refractivity (Wildman–Crippen MR) is 123 cm³/mol. The van der Waals surface area contributed by atoms with Crippen molar-refractivity contribution in [3.63, 3.8) is 0 Å². The zero-order chi connectivity index (χ0) is 22.3. The summed E-state index contributed by atoms with van der Waals surface area (Å²) in [5, 5.41) is 0. The number of carbonyl (C=O) groups excluding carboxylic acids is 1. The van der Waals surface area contributed by atoms with Crippen molar-refractivity contribution in [2.24, 2.45) is 5.92 Å². The Kier molecular flexibility index (Phi) is 7.00. The minimum absolute atomic E-state index is 0.0216. The Balaban J connectivity index is 1.49. The van der Waals surface area contributed by atoms with Crippen LogP contribution in [0.15, 0.2) is 60.9 Å². The monoisotopic (exact) mass is 431 g/mol. The van der Waals surface area contributed by atoms with E-state index in [0.717, 1.165) is 43.7 Å². The van der Waals surface area contributed by atoms with Gasteiger partial charge in [-0.3, -0.25) is 14.8 Å². The highest BCUT2D eigenvalue weighted by Gasteiger charge is 2.27. The van der Waals surface area contributed by atoms with Gasteiger partial charge in [0.1, 0.15) is 6.61 Å². The van der Waals surface area contributed by atoms with Crippen LogP contribution in [0.2, 0.25) is 0 Å². The fourth-order valence-electron chi connectivity index (χ4n) is 4.16. The van der Waals surface area contributed by atoms with Crippen LogP contribution in [0.1, 0.15) is 40.2 Å².